The van der Waals surface area contributed by atoms with Crippen LogP contribution in [0.1, 0.15) is 12.8 Å². The van der Waals surface area contributed by atoms with Crippen molar-refractivity contribution >= 4 is 5.69 Å². The van der Waals surface area contributed by atoms with E-state index < -0.39 is 0 Å². The van der Waals surface area contributed by atoms with Gasteiger partial charge in [-0.25, -0.2) is 4.39 Å². The lowest BCUT2D eigenvalue weighted by atomic mass is 10.1. The normalized spacial score (nSPS) is 18.1. The zero-order chi connectivity index (χ0) is 10.7. The van der Waals surface area contributed by atoms with Gasteiger partial charge in [0, 0.05) is 13.7 Å². The molecule has 2 rings (SSSR count). The highest BCUT2D eigenvalue weighted by Gasteiger charge is 2.20. The smallest absolute Gasteiger partial charge is 0.146 e. The molecule has 1 atom stereocenters. The molecule has 0 saturated carbocycles. The van der Waals surface area contributed by atoms with Crippen LogP contribution in [0.3, 0.4) is 0 Å². The summed E-state index contributed by atoms with van der Waals surface area (Å²) in [7, 11) is 1.72. The molecule has 0 N–H and O–H groups in total. The Bertz CT molecular complexity index is 321. The number of methoxy groups -OCH3 is 1. The van der Waals surface area contributed by atoms with E-state index in [-0.39, 0.29) is 11.9 Å². The average molecular weight is 208 g/mol. The van der Waals surface area contributed by atoms with Gasteiger partial charge in [-0.2, -0.15) is 0 Å². The maximum absolute atomic E-state index is 13.5. The van der Waals surface area contributed by atoms with E-state index in [1.807, 2.05) is 17.5 Å². The van der Waals surface area contributed by atoms with Gasteiger partial charge < -0.3 is 9.64 Å². The minimum Gasteiger partial charge on any atom is -0.381 e. The zero-order valence-corrected chi connectivity index (χ0v) is 8.82. The maximum atomic E-state index is 13.5. The molecule has 0 aromatic heterocycles. The number of piperidine rings is 1. The Morgan fingerprint density at radius 2 is 2.20 bits per heavy atom. The molecular formula is C12H15FNO. The van der Waals surface area contributed by atoms with Crippen LogP contribution < -0.4 is 4.90 Å². The van der Waals surface area contributed by atoms with Gasteiger partial charge in [-0.05, 0) is 25.0 Å². The van der Waals surface area contributed by atoms with Gasteiger partial charge in [0.2, 0.25) is 0 Å². The molecule has 81 valence electrons. The van der Waals surface area contributed by atoms with E-state index in [9.17, 15) is 4.39 Å². The van der Waals surface area contributed by atoms with Gasteiger partial charge in [0.1, 0.15) is 5.82 Å². The second kappa shape index (κ2) is 4.62. The first-order chi connectivity index (χ1) is 7.31. The Morgan fingerprint density at radius 3 is 2.80 bits per heavy atom. The third-order valence-corrected chi connectivity index (χ3v) is 2.78. The summed E-state index contributed by atoms with van der Waals surface area (Å²) >= 11 is 0. The number of rotatable bonds is 2. The van der Waals surface area contributed by atoms with Crippen molar-refractivity contribution in [2.24, 2.45) is 0 Å². The minimum absolute atomic E-state index is 0.162. The third kappa shape index (κ3) is 2.29. The van der Waals surface area contributed by atoms with E-state index in [0.29, 0.717) is 5.69 Å². The molecule has 1 fully saturated rings. The van der Waals surface area contributed by atoms with E-state index in [4.69, 9.17) is 4.74 Å². The summed E-state index contributed by atoms with van der Waals surface area (Å²) in [6.45, 7) is 2.83. The number of hydrogen-bond acceptors (Lipinski definition) is 2. The predicted octanol–water partition coefficient (Wildman–Crippen LogP) is 2.60. The lowest BCUT2D eigenvalue weighted by Crippen LogP contribution is -2.33. The quantitative estimate of drug-likeness (QED) is 0.740. The molecule has 1 unspecified atom stereocenters. The highest BCUT2D eigenvalue weighted by atomic mass is 19.1. The van der Waals surface area contributed by atoms with Crippen LogP contribution in [0.15, 0.2) is 24.3 Å². The third-order valence-electron chi connectivity index (χ3n) is 2.78. The topological polar surface area (TPSA) is 12.5 Å². The van der Waals surface area contributed by atoms with E-state index in [1.165, 1.54) is 6.07 Å². The molecular weight excluding hydrogens is 193 g/mol. The molecule has 1 aromatic carbocycles. The van der Waals surface area contributed by atoms with Crippen LogP contribution in [0.2, 0.25) is 0 Å². The van der Waals surface area contributed by atoms with Gasteiger partial charge in [0.25, 0.3) is 0 Å². The molecule has 1 aromatic rings. The highest BCUT2D eigenvalue weighted by molar-refractivity contribution is 5.49. The number of hydrogen-bond donors (Lipinski definition) is 0. The van der Waals surface area contributed by atoms with Crippen LogP contribution in [-0.4, -0.2) is 19.8 Å². The first-order valence-electron chi connectivity index (χ1n) is 5.18. The Balaban J connectivity index is 2.04. The van der Waals surface area contributed by atoms with Crippen molar-refractivity contribution in [1.29, 1.82) is 0 Å². The summed E-state index contributed by atoms with van der Waals surface area (Å²) in [5, 5.41) is 0. The van der Waals surface area contributed by atoms with E-state index in [0.717, 1.165) is 19.4 Å². The van der Waals surface area contributed by atoms with Crippen LogP contribution >= 0.6 is 0 Å². The van der Waals surface area contributed by atoms with Gasteiger partial charge in [-0.3, -0.25) is 0 Å². The van der Waals surface area contributed by atoms with Crippen LogP contribution in [-0.2, 0) is 4.74 Å². The van der Waals surface area contributed by atoms with E-state index in [1.54, 1.807) is 19.2 Å². The van der Waals surface area contributed by atoms with Crippen molar-refractivity contribution in [3.05, 3.63) is 36.6 Å². The molecule has 3 heteroatoms. The van der Waals surface area contributed by atoms with Crippen molar-refractivity contribution in [2.45, 2.75) is 18.9 Å². The Hall–Kier alpha value is -1.09. The van der Waals surface area contributed by atoms with Gasteiger partial charge in [0.15, 0.2) is 0 Å². The number of halogens is 1. The first kappa shape index (κ1) is 10.4. The SMILES string of the molecule is COC1C[CH]N(c2ccccc2F)CC1. The van der Waals surface area contributed by atoms with Crippen LogP contribution in [0.4, 0.5) is 10.1 Å². The maximum Gasteiger partial charge on any atom is 0.146 e. The molecule has 1 saturated heterocycles. The molecule has 0 aliphatic carbocycles. The lowest BCUT2D eigenvalue weighted by Gasteiger charge is -2.32. The monoisotopic (exact) mass is 208 g/mol. The van der Waals surface area contributed by atoms with Gasteiger partial charge in [0.05, 0.1) is 18.3 Å². The predicted molar refractivity (Wildman–Crippen MR) is 58.1 cm³/mol. The van der Waals surface area contributed by atoms with Crippen molar-refractivity contribution in [3.63, 3.8) is 0 Å². The summed E-state index contributed by atoms with van der Waals surface area (Å²) < 4.78 is 18.7. The number of anilines is 1. The summed E-state index contributed by atoms with van der Waals surface area (Å²) in [5.41, 5.74) is 0.659. The standard InChI is InChI=1S/C12H15FNO/c1-15-10-6-8-14(9-7-10)12-5-3-2-4-11(12)13/h2-5,8,10H,6-7,9H2,1H3. The van der Waals surface area contributed by atoms with Crippen molar-refractivity contribution < 1.29 is 9.13 Å². The summed E-state index contributed by atoms with van der Waals surface area (Å²) in [6.07, 6.45) is 2.08. The molecule has 1 aliphatic heterocycles. The fourth-order valence-electron chi connectivity index (χ4n) is 1.85. The lowest BCUT2D eigenvalue weighted by molar-refractivity contribution is 0.0886. The van der Waals surface area contributed by atoms with Crippen LogP contribution in [0.25, 0.3) is 0 Å². The molecule has 0 spiro atoms. The summed E-state index contributed by atoms with van der Waals surface area (Å²) in [4.78, 5) is 1.96. The van der Waals surface area contributed by atoms with Crippen LogP contribution in [0.5, 0.6) is 0 Å². The fraction of sp³-hybridized carbons (Fsp3) is 0.417. The second-order valence-corrected chi connectivity index (χ2v) is 3.71. The number of nitrogens with zero attached hydrogens (tertiary/aromatic N) is 1. The molecule has 1 radical (unpaired) electrons. The second-order valence-electron chi connectivity index (χ2n) is 3.71. The molecule has 15 heavy (non-hydrogen) atoms. The van der Waals surface area contributed by atoms with Gasteiger partial charge >= 0.3 is 0 Å². The Morgan fingerprint density at radius 1 is 1.40 bits per heavy atom. The summed E-state index contributed by atoms with van der Waals surface area (Å²) in [5.74, 6) is -0.162. The van der Waals surface area contributed by atoms with E-state index in [2.05, 4.69) is 0 Å². The molecule has 1 aliphatic rings. The number of ether oxygens (including phenoxy) is 1. The Kier molecular flexibility index (Phi) is 3.21. The van der Waals surface area contributed by atoms with Crippen LogP contribution in [0, 0.1) is 12.4 Å². The van der Waals surface area contributed by atoms with Gasteiger partial charge in [-0.15, -0.1) is 0 Å². The zero-order valence-electron chi connectivity index (χ0n) is 8.82. The largest absolute Gasteiger partial charge is 0.381 e. The number of benzene rings is 1. The number of para-hydroxylation sites is 1. The first-order valence-corrected chi connectivity index (χ1v) is 5.18. The summed E-state index contributed by atoms with van der Waals surface area (Å²) in [6, 6.07) is 6.86. The van der Waals surface area contributed by atoms with Crippen molar-refractivity contribution in [2.75, 3.05) is 18.6 Å². The average Bonchev–Trinajstić information content (AvgIpc) is 2.30. The van der Waals surface area contributed by atoms with Gasteiger partial charge in [-0.1, -0.05) is 12.1 Å². The van der Waals surface area contributed by atoms with Crippen molar-refractivity contribution in [1.82, 2.24) is 0 Å². The molecule has 0 bridgehead atoms. The molecule has 2 nitrogen and oxygen atoms in total. The minimum atomic E-state index is -0.162. The van der Waals surface area contributed by atoms with Crippen molar-refractivity contribution in [3.8, 4) is 0 Å². The van der Waals surface area contributed by atoms with E-state index >= 15 is 0 Å². The molecule has 0 amide bonds. The Labute approximate surface area is 89.7 Å². The highest BCUT2D eigenvalue weighted by Crippen LogP contribution is 2.25. The molecule has 1 heterocycles. The fourth-order valence-corrected chi connectivity index (χ4v) is 1.85.